The fourth-order valence-corrected chi connectivity index (χ4v) is 5.68. The molecule has 0 amide bonds. The molecule has 1 aromatic heterocycles. The van der Waals surface area contributed by atoms with E-state index in [0.29, 0.717) is 16.8 Å². The molecule has 1 aromatic carbocycles. The minimum atomic E-state index is -1.11. The van der Waals surface area contributed by atoms with Crippen molar-refractivity contribution in [1.29, 1.82) is 10.5 Å². The highest BCUT2D eigenvalue weighted by atomic mass is 32.2. The molecule has 32 heavy (non-hydrogen) atoms. The molecule has 1 saturated heterocycles. The maximum Gasteiger partial charge on any atom is 0.336 e. The first-order valence-electron chi connectivity index (χ1n) is 9.72. The molecule has 1 N–H and O–H groups in total. The van der Waals surface area contributed by atoms with Crippen LogP contribution >= 0.6 is 23.1 Å². The molecule has 1 fully saturated rings. The van der Waals surface area contributed by atoms with Gasteiger partial charge in [0.25, 0.3) is 5.56 Å². The van der Waals surface area contributed by atoms with Crippen LogP contribution in [0.4, 0.5) is 0 Å². The van der Waals surface area contributed by atoms with Crippen molar-refractivity contribution in [3.8, 4) is 12.1 Å². The molecule has 0 radical (unpaired) electrons. The van der Waals surface area contributed by atoms with Crippen molar-refractivity contribution in [3.05, 3.63) is 72.6 Å². The highest BCUT2D eigenvalue weighted by Gasteiger charge is 2.21. The Hall–Kier alpha value is -3.53. The summed E-state index contributed by atoms with van der Waals surface area (Å²) in [6.45, 7) is 9.10. The van der Waals surface area contributed by atoms with Gasteiger partial charge < -0.3 is 10.0 Å². The first kappa shape index (κ1) is 23.1. The first-order chi connectivity index (χ1) is 15.3. The normalized spacial score (nSPS) is 15.2. The lowest BCUT2D eigenvalue weighted by Crippen LogP contribution is -2.32. The van der Waals surface area contributed by atoms with Gasteiger partial charge in [0.2, 0.25) is 0 Å². The summed E-state index contributed by atoms with van der Waals surface area (Å²) in [4.78, 5) is 27.6. The number of allylic oxidation sites excluding steroid dienone is 2. The number of nitriles is 2. The van der Waals surface area contributed by atoms with E-state index in [1.54, 1.807) is 36.9 Å². The van der Waals surface area contributed by atoms with Gasteiger partial charge in [-0.1, -0.05) is 24.8 Å². The van der Waals surface area contributed by atoms with Gasteiger partial charge in [-0.2, -0.15) is 10.5 Å². The maximum absolute atomic E-state index is 13.5. The quantitative estimate of drug-likeness (QED) is 0.723. The lowest BCUT2D eigenvalue weighted by molar-refractivity contribution is 0.0696. The Labute approximate surface area is 193 Å². The highest BCUT2D eigenvalue weighted by Crippen LogP contribution is 2.31. The number of carboxylic acid groups (broad SMARTS) is 1. The van der Waals surface area contributed by atoms with E-state index in [9.17, 15) is 25.2 Å². The van der Waals surface area contributed by atoms with E-state index < -0.39 is 11.5 Å². The van der Waals surface area contributed by atoms with Gasteiger partial charge in [-0.3, -0.25) is 9.36 Å². The van der Waals surface area contributed by atoms with Crippen LogP contribution in [0.2, 0.25) is 0 Å². The third-order valence-electron chi connectivity index (χ3n) is 4.88. The van der Waals surface area contributed by atoms with Crippen molar-refractivity contribution < 1.29 is 9.90 Å². The molecule has 0 spiro atoms. The lowest BCUT2D eigenvalue weighted by Gasteiger charge is -2.17. The second-order valence-corrected chi connectivity index (χ2v) is 9.00. The topological polar surface area (TPSA) is 110 Å². The van der Waals surface area contributed by atoms with Crippen LogP contribution in [-0.4, -0.2) is 39.4 Å². The van der Waals surface area contributed by atoms with E-state index in [-0.39, 0.29) is 20.3 Å². The van der Waals surface area contributed by atoms with E-state index >= 15 is 0 Å². The van der Waals surface area contributed by atoms with Crippen molar-refractivity contribution >= 4 is 45.9 Å². The Morgan fingerprint density at radius 3 is 2.50 bits per heavy atom. The Bertz CT molecular complexity index is 1380. The number of hydrogen-bond acceptors (Lipinski definition) is 7. The lowest BCUT2D eigenvalue weighted by atomic mass is 9.99. The smallest absolute Gasteiger partial charge is 0.336 e. The summed E-state index contributed by atoms with van der Waals surface area (Å²) in [5.41, 5.74) is 0.609. The van der Waals surface area contributed by atoms with E-state index in [1.807, 2.05) is 25.1 Å². The van der Waals surface area contributed by atoms with Crippen LogP contribution in [0, 0.1) is 22.7 Å². The number of carbonyl (C=O) groups is 1. The zero-order valence-electron chi connectivity index (χ0n) is 17.6. The fraction of sp³-hybridized carbons (Fsp3) is 0.217. The molecule has 0 atom stereocenters. The summed E-state index contributed by atoms with van der Waals surface area (Å²) >= 11 is 2.63. The molecule has 7 nitrogen and oxygen atoms in total. The zero-order chi connectivity index (χ0) is 23.4. The van der Waals surface area contributed by atoms with Gasteiger partial charge in [0.15, 0.2) is 5.57 Å². The highest BCUT2D eigenvalue weighted by molar-refractivity contribution is 8.03. The molecule has 0 aliphatic carbocycles. The number of carboxylic acids is 1. The van der Waals surface area contributed by atoms with Gasteiger partial charge in [0, 0.05) is 30.1 Å². The van der Waals surface area contributed by atoms with Gasteiger partial charge in [-0.25, -0.2) is 4.79 Å². The van der Waals surface area contributed by atoms with Crippen molar-refractivity contribution in [2.24, 2.45) is 0 Å². The molecular weight excluding hydrogens is 444 g/mol. The molecule has 1 aliphatic rings. The van der Waals surface area contributed by atoms with Gasteiger partial charge >= 0.3 is 5.97 Å². The zero-order valence-corrected chi connectivity index (χ0v) is 19.2. The Morgan fingerprint density at radius 1 is 1.28 bits per heavy atom. The van der Waals surface area contributed by atoms with Gasteiger partial charge in [-0.15, -0.1) is 23.1 Å². The molecule has 2 aromatic rings. The van der Waals surface area contributed by atoms with E-state index in [0.717, 1.165) is 35.2 Å². The first-order valence-corrected chi connectivity index (χ1v) is 11.5. The second kappa shape index (κ2) is 9.73. The Balaban J connectivity index is 2.57. The number of thiazole rings is 1. The summed E-state index contributed by atoms with van der Waals surface area (Å²) in [7, 11) is 0. The number of benzene rings is 1. The van der Waals surface area contributed by atoms with E-state index in [2.05, 4.69) is 11.5 Å². The average Bonchev–Trinajstić information content (AvgIpc) is 3.36. The average molecular weight is 465 g/mol. The fourth-order valence-electron chi connectivity index (χ4n) is 3.38. The van der Waals surface area contributed by atoms with Crippen molar-refractivity contribution in [3.63, 3.8) is 0 Å². The van der Waals surface area contributed by atoms with Crippen molar-refractivity contribution in [2.75, 3.05) is 18.8 Å². The van der Waals surface area contributed by atoms with E-state index in [4.69, 9.17) is 0 Å². The van der Waals surface area contributed by atoms with Crippen molar-refractivity contribution in [1.82, 2.24) is 9.47 Å². The molecule has 2 heterocycles. The SMILES string of the molecule is C=C(C)n1c(=C(C#N)C#N)s/c(=C(/C=C2SCCN2CC)c2ccccc2C(=O)O)c1=O. The monoisotopic (exact) mass is 464 g/mol. The second-order valence-electron chi connectivity index (χ2n) is 6.89. The van der Waals surface area contributed by atoms with Gasteiger partial charge in [-0.05, 0) is 31.6 Å². The molecule has 0 bridgehead atoms. The number of thioether (sulfide) groups is 1. The van der Waals surface area contributed by atoms with E-state index in [1.165, 1.54) is 10.6 Å². The summed E-state index contributed by atoms with van der Waals surface area (Å²) in [5, 5.41) is 29.5. The third kappa shape index (κ3) is 4.26. The molecule has 3 rings (SSSR count). The summed E-state index contributed by atoms with van der Waals surface area (Å²) in [6, 6.07) is 10.2. The van der Waals surface area contributed by atoms with Crippen LogP contribution < -0.4 is 14.8 Å². The van der Waals surface area contributed by atoms with Crippen LogP contribution in [-0.2, 0) is 0 Å². The predicted molar refractivity (Wildman–Crippen MR) is 127 cm³/mol. The van der Waals surface area contributed by atoms with Crippen molar-refractivity contribution in [2.45, 2.75) is 13.8 Å². The van der Waals surface area contributed by atoms with Crippen LogP contribution in [0.5, 0.6) is 0 Å². The summed E-state index contributed by atoms with van der Waals surface area (Å²) in [6.07, 6.45) is 1.83. The number of aromatic carboxylic acids is 1. The molecular formula is C23H20N4O3S2. The standard InChI is InChI=1S/C23H20N4O3S2/c1-4-26-9-10-31-19(26)11-18(16-7-5-6-8-17(16)23(29)30)20-21(28)27(14(2)3)22(32-20)15(12-24)13-25/h5-8,11H,2,4,9-10H2,1,3H3,(H,29,30)/b19-11?,20-18-. The van der Waals surface area contributed by atoms with Crippen LogP contribution in [0.15, 0.2) is 46.7 Å². The third-order valence-corrected chi connectivity index (χ3v) is 7.12. The summed E-state index contributed by atoms with van der Waals surface area (Å²) < 4.78 is 1.66. The molecule has 1 aliphatic heterocycles. The summed E-state index contributed by atoms with van der Waals surface area (Å²) in [5.74, 6) is -0.221. The number of hydrogen-bond donors (Lipinski definition) is 1. The Kier molecular flexibility index (Phi) is 7.04. The van der Waals surface area contributed by atoms with Gasteiger partial charge in [0.05, 0.1) is 10.6 Å². The molecule has 9 heteroatoms. The predicted octanol–water partition coefficient (Wildman–Crippen LogP) is 2.41. The molecule has 0 unspecified atom stereocenters. The Morgan fingerprint density at radius 2 is 1.94 bits per heavy atom. The van der Waals surface area contributed by atoms with Crippen LogP contribution in [0.25, 0.3) is 16.8 Å². The van der Waals surface area contributed by atoms with Crippen LogP contribution in [0.3, 0.4) is 0 Å². The number of nitrogens with zero attached hydrogens (tertiary/aromatic N) is 4. The minimum absolute atomic E-state index is 0.0615. The number of aromatic nitrogens is 1. The molecule has 0 saturated carbocycles. The van der Waals surface area contributed by atoms with Crippen LogP contribution in [0.1, 0.15) is 29.8 Å². The number of rotatable bonds is 5. The molecule has 162 valence electrons. The largest absolute Gasteiger partial charge is 0.478 e. The van der Waals surface area contributed by atoms with Gasteiger partial charge in [0.1, 0.15) is 21.3 Å². The minimum Gasteiger partial charge on any atom is -0.478 e. The maximum atomic E-state index is 13.5.